The van der Waals surface area contributed by atoms with Gasteiger partial charge in [-0.05, 0) is 18.4 Å². The molecule has 0 N–H and O–H groups in total. The molecule has 1 atom stereocenters. The van der Waals surface area contributed by atoms with Crippen LogP contribution in [0.15, 0.2) is 30.3 Å². The summed E-state index contributed by atoms with van der Waals surface area (Å²) in [6.45, 7) is 0.239. The SMILES string of the molecule is O=CN1CC2(CCCC2)C1(Cc1ccccc1)C(F)(F)F. The van der Waals surface area contributed by atoms with E-state index < -0.39 is 17.1 Å². The van der Waals surface area contributed by atoms with Crippen LogP contribution in [-0.4, -0.2) is 29.6 Å². The molecule has 1 aliphatic carbocycles. The molecule has 2 aliphatic rings. The van der Waals surface area contributed by atoms with Crippen molar-refractivity contribution in [1.29, 1.82) is 0 Å². The Balaban J connectivity index is 2.05. The van der Waals surface area contributed by atoms with Gasteiger partial charge in [0.15, 0.2) is 0 Å². The Bertz CT molecular complexity index is 522. The molecular formula is C16H18F3NO. The predicted molar refractivity (Wildman–Crippen MR) is 72.6 cm³/mol. The van der Waals surface area contributed by atoms with Gasteiger partial charge in [0.1, 0.15) is 5.54 Å². The number of likely N-dealkylation sites (tertiary alicyclic amines) is 1. The van der Waals surface area contributed by atoms with Crippen molar-refractivity contribution in [3.8, 4) is 0 Å². The number of hydrogen-bond donors (Lipinski definition) is 0. The van der Waals surface area contributed by atoms with Gasteiger partial charge >= 0.3 is 6.18 Å². The molecule has 2 fully saturated rings. The second-order valence-electron chi connectivity index (χ2n) is 6.24. The van der Waals surface area contributed by atoms with E-state index in [0.717, 1.165) is 17.7 Å². The highest BCUT2D eigenvalue weighted by Crippen LogP contribution is 2.63. The van der Waals surface area contributed by atoms with Gasteiger partial charge in [0.2, 0.25) is 6.41 Å². The van der Waals surface area contributed by atoms with Crippen LogP contribution in [0.5, 0.6) is 0 Å². The summed E-state index contributed by atoms with van der Waals surface area (Å²) in [4.78, 5) is 12.2. The zero-order chi connectivity index (χ0) is 15.1. The van der Waals surface area contributed by atoms with Gasteiger partial charge in [-0.25, -0.2) is 0 Å². The molecule has 5 heteroatoms. The first-order chi connectivity index (χ1) is 9.95. The second-order valence-corrected chi connectivity index (χ2v) is 6.24. The van der Waals surface area contributed by atoms with E-state index in [-0.39, 0.29) is 13.0 Å². The molecule has 0 aromatic heterocycles. The molecule has 1 saturated carbocycles. The number of benzene rings is 1. The Hall–Kier alpha value is -1.52. The van der Waals surface area contributed by atoms with E-state index >= 15 is 0 Å². The fraction of sp³-hybridized carbons (Fsp3) is 0.562. The van der Waals surface area contributed by atoms with Crippen molar-refractivity contribution in [2.75, 3.05) is 6.54 Å². The maximum Gasteiger partial charge on any atom is 0.412 e. The van der Waals surface area contributed by atoms with Crippen LogP contribution in [0.4, 0.5) is 13.2 Å². The Labute approximate surface area is 121 Å². The standard InChI is InChI=1S/C16H18F3NO/c17-16(18,19)15(10-13-6-2-1-3-7-13)14(8-4-5-9-14)11-20(15)12-21/h1-3,6-7,12H,4-5,8-11H2. The highest BCUT2D eigenvalue weighted by molar-refractivity contribution is 5.54. The normalized spacial score (nSPS) is 27.7. The summed E-state index contributed by atoms with van der Waals surface area (Å²) < 4.78 is 41.9. The van der Waals surface area contributed by atoms with Gasteiger partial charge in [-0.3, -0.25) is 4.79 Å². The van der Waals surface area contributed by atoms with Crippen molar-refractivity contribution in [2.24, 2.45) is 5.41 Å². The maximum atomic E-state index is 14.0. The average Bonchev–Trinajstić information content (AvgIpc) is 2.93. The van der Waals surface area contributed by atoms with E-state index in [1.165, 1.54) is 0 Å². The van der Waals surface area contributed by atoms with Crippen LogP contribution in [0.1, 0.15) is 31.2 Å². The van der Waals surface area contributed by atoms with Crippen LogP contribution < -0.4 is 0 Å². The molecule has 1 unspecified atom stereocenters. The third-order valence-corrected chi connectivity index (χ3v) is 5.30. The Morgan fingerprint density at radius 3 is 2.29 bits per heavy atom. The van der Waals surface area contributed by atoms with Crippen LogP contribution in [0.2, 0.25) is 0 Å². The number of amides is 1. The quantitative estimate of drug-likeness (QED) is 0.781. The van der Waals surface area contributed by atoms with Crippen molar-refractivity contribution < 1.29 is 18.0 Å². The minimum Gasteiger partial charge on any atom is -0.329 e. The summed E-state index contributed by atoms with van der Waals surface area (Å²) in [7, 11) is 0. The molecule has 114 valence electrons. The molecule has 1 aliphatic heterocycles. The van der Waals surface area contributed by atoms with Gasteiger partial charge in [-0.2, -0.15) is 13.2 Å². The first kappa shape index (κ1) is 14.4. The molecule has 0 radical (unpaired) electrons. The Morgan fingerprint density at radius 1 is 1.14 bits per heavy atom. The van der Waals surface area contributed by atoms with E-state index in [4.69, 9.17) is 0 Å². The van der Waals surface area contributed by atoms with Crippen molar-refractivity contribution in [2.45, 2.75) is 43.8 Å². The van der Waals surface area contributed by atoms with Gasteiger partial charge in [-0.1, -0.05) is 43.2 Å². The van der Waals surface area contributed by atoms with Crippen LogP contribution in [0.25, 0.3) is 0 Å². The molecule has 1 aromatic rings. The number of rotatable bonds is 3. The van der Waals surface area contributed by atoms with Crippen LogP contribution >= 0.6 is 0 Å². The molecule has 0 bridgehead atoms. The lowest BCUT2D eigenvalue weighted by Gasteiger charge is -2.64. The highest BCUT2D eigenvalue weighted by atomic mass is 19.4. The molecule has 1 heterocycles. The van der Waals surface area contributed by atoms with E-state index in [0.29, 0.717) is 24.8 Å². The van der Waals surface area contributed by atoms with Crippen molar-refractivity contribution in [3.05, 3.63) is 35.9 Å². The van der Waals surface area contributed by atoms with Crippen molar-refractivity contribution >= 4 is 6.41 Å². The third-order valence-electron chi connectivity index (χ3n) is 5.30. The molecule has 1 spiro atoms. The monoisotopic (exact) mass is 297 g/mol. The van der Waals surface area contributed by atoms with Gasteiger partial charge in [0, 0.05) is 18.4 Å². The minimum atomic E-state index is -4.41. The fourth-order valence-electron chi connectivity index (χ4n) is 4.30. The number of carbonyl (C=O) groups excluding carboxylic acids is 1. The first-order valence-electron chi connectivity index (χ1n) is 7.28. The maximum absolute atomic E-state index is 14.0. The summed E-state index contributed by atoms with van der Waals surface area (Å²) >= 11 is 0. The largest absolute Gasteiger partial charge is 0.412 e. The third kappa shape index (κ3) is 1.89. The number of hydrogen-bond acceptors (Lipinski definition) is 1. The summed E-state index contributed by atoms with van der Waals surface area (Å²) in [5.41, 5.74) is -2.19. The molecule has 1 aromatic carbocycles. The van der Waals surface area contributed by atoms with E-state index in [9.17, 15) is 18.0 Å². The lowest BCUT2D eigenvalue weighted by molar-refractivity contribution is -0.312. The Morgan fingerprint density at radius 2 is 1.76 bits per heavy atom. The lowest BCUT2D eigenvalue weighted by atomic mass is 9.57. The van der Waals surface area contributed by atoms with Gasteiger partial charge in [0.05, 0.1) is 0 Å². The summed E-state index contributed by atoms with van der Waals surface area (Å²) in [5.74, 6) is 0. The van der Waals surface area contributed by atoms with Gasteiger partial charge in [-0.15, -0.1) is 0 Å². The van der Waals surface area contributed by atoms with Crippen LogP contribution in [0, 0.1) is 5.41 Å². The van der Waals surface area contributed by atoms with Crippen molar-refractivity contribution in [1.82, 2.24) is 4.90 Å². The summed E-state index contributed by atoms with van der Waals surface area (Å²) in [6.07, 6.45) is -1.42. The summed E-state index contributed by atoms with van der Waals surface area (Å²) in [6, 6.07) is 8.68. The van der Waals surface area contributed by atoms with E-state index in [1.54, 1.807) is 30.3 Å². The topological polar surface area (TPSA) is 20.3 Å². The van der Waals surface area contributed by atoms with Gasteiger partial charge in [0.25, 0.3) is 0 Å². The van der Waals surface area contributed by atoms with Crippen LogP contribution in [-0.2, 0) is 11.2 Å². The van der Waals surface area contributed by atoms with E-state index in [2.05, 4.69) is 0 Å². The Kier molecular flexibility index (Phi) is 3.26. The zero-order valence-corrected chi connectivity index (χ0v) is 11.7. The number of carbonyl (C=O) groups is 1. The fourth-order valence-corrected chi connectivity index (χ4v) is 4.30. The molecule has 1 amide bonds. The summed E-state index contributed by atoms with van der Waals surface area (Å²) in [5, 5.41) is 0. The number of alkyl halides is 3. The van der Waals surface area contributed by atoms with E-state index in [1.807, 2.05) is 0 Å². The molecule has 21 heavy (non-hydrogen) atoms. The zero-order valence-electron chi connectivity index (χ0n) is 11.7. The second kappa shape index (κ2) is 4.75. The highest BCUT2D eigenvalue weighted by Gasteiger charge is 2.76. The number of nitrogens with zero attached hydrogens (tertiary/aromatic N) is 1. The smallest absolute Gasteiger partial charge is 0.329 e. The molecule has 1 saturated heterocycles. The predicted octanol–water partition coefficient (Wildman–Crippen LogP) is 3.56. The lowest BCUT2D eigenvalue weighted by Crippen LogP contribution is -2.80. The number of halogens is 3. The molecule has 2 nitrogen and oxygen atoms in total. The minimum absolute atomic E-state index is 0.143. The molecular weight excluding hydrogens is 279 g/mol. The van der Waals surface area contributed by atoms with Gasteiger partial charge < -0.3 is 4.90 Å². The van der Waals surface area contributed by atoms with Crippen LogP contribution in [0.3, 0.4) is 0 Å². The average molecular weight is 297 g/mol. The molecule has 3 rings (SSSR count). The van der Waals surface area contributed by atoms with Crippen molar-refractivity contribution in [3.63, 3.8) is 0 Å². The first-order valence-corrected chi connectivity index (χ1v) is 7.28.